The molecule has 0 aliphatic heterocycles. The Bertz CT molecular complexity index is 424. The van der Waals surface area contributed by atoms with Gasteiger partial charge in [0.15, 0.2) is 0 Å². The number of rotatable bonds is 6. The minimum absolute atomic E-state index is 0.282. The number of benzene rings is 1. The lowest BCUT2D eigenvalue weighted by Gasteiger charge is -2.07. The van der Waals surface area contributed by atoms with Crippen LogP contribution in [0.15, 0.2) is 24.3 Å². The molecule has 16 heavy (non-hydrogen) atoms. The Morgan fingerprint density at radius 2 is 1.75 bits per heavy atom. The van der Waals surface area contributed by atoms with Crippen LogP contribution in [0, 0.1) is 0 Å². The van der Waals surface area contributed by atoms with Crippen molar-refractivity contribution in [1.29, 1.82) is 0 Å². The molecule has 0 aliphatic rings. The average molecular weight is 242 g/mol. The second-order valence-corrected chi connectivity index (χ2v) is 5.40. The van der Waals surface area contributed by atoms with Crippen molar-refractivity contribution in [3.8, 4) is 0 Å². The Morgan fingerprint density at radius 1 is 1.12 bits per heavy atom. The quantitative estimate of drug-likeness (QED) is 0.616. The summed E-state index contributed by atoms with van der Waals surface area (Å²) < 4.78 is 30.5. The molecular formula is C12H18O3S. The normalized spacial score (nSPS) is 11.6. The van der Waals surface area contributed by atoms with E-state index in [-0.39, 0.29) is 5.75 Å². The summed E-state index contributed by atoms with van der Waals surface area (Å²) in [5, 5.41) is 0. The second kappa shape index (κ2) is 6.01. The molecule has 0 aromatic heterocycles. The smallest absolute Gasteiger partial charge is 0.269 e. The highest BCUT2D eigenvalue weighted by molar-refractivity contribution is 7.85. The molecule has 0 spiro atoms. The maximum atomic E-state index is 10.8. The lowest BCUT2D eigenvalue weighted by atomic mass is 10.0. The van der Waals surface area contributed by atoms with Gasteiger partial charge in [-0.05, 0) is 24.0 Å². The standard InChI is InChI=1S/C12H18O3S/c1-2-3-4-7-11-8-5-6-9-12(11)10-16(13,14)15/h5-6,8-9H,2-4,7,10H2,1H3,(H,13,14,15). The van der Waals surface area contributed by atoms with Gasteiger partial charge in [-0.2, -0.15) is 8.42 Å². The molecule has 0 unspecified atom stereocenters. The predicted molar refractivity (Wildman–Crippen MR) is 64.9 cm³/mol. The van der Waals surface area contributed by atoms with Crippen LogP contribution in [-0.2, 0) is 22.3 Å². The van der Waals surface area contributed by atoms with E-state index >= 15 is 0 Å². The lowest BCUT2D eigenvalue weighted by molar-refractivity contribution is 0.482. The molecule has 3 nitrogen and oxygen atoms in total. The Labute approximate surface area is 97.2 Å². The maximum absolute atomic E-state index is 10.8. The summed E-state index contributed by atoms with van der Waals surface area (Å²) in [5.74, 6) is -0.282. The fourth-order valence-electron chi connectivity index (χ4n) is 1.70. The molecule has 1 N–H and O–H groups in total. The van der Waals surface area contributed by atoms with E-state index in [4.69, 9.17) is 4.55 Å². The van der Waals surface area contributed by atoms with Gasteiger partial charge in [0.1, 0.15) is 5.75 Å². The first-order valence-electron chi connectivity index (χ1n) is 5.55. The third kappa shape index (κ3) is 4.77. The van der Waals surface area contributed by atoms with Gasteiger partial charge in [0.25, 0.3) is 10.1 Å². The molecule has 4 heteroatoms. The molecule has 0 heterocycles. The van der Waals surface area contributed by atoms with E-state index in [0.717, 1.165) is 31.2 Å². The highest BCUT2D eigenvalue weighted by Gasteiger charge is 2.09. The molecule has 1 aromatic carbocycles. The van der Waals surface area contributed by atoms with E-state index in [9.17, 15) is 8.42 Å². The summed E-state index contributed by atoms with van der Waals surface area (Å²) in [6, 6.07) is 7.38. The average Bonchev–Trinajstić information content (AvgIpc) is 2.19. The predicted octanol–water partition coefficient (Wildman–Crippen LogP) is 2.81. The zero-order chi connectivity index (χ0) is 12.0. The fraction of sp³-hybridized carbons (Fsp3) is 0.500. The van der Waals surface area contributed by atoms with Gasteiger partial charge >= 0.3 is 0 Å². The van der Waals surface area contributed by atoms with Crippen molar-refractivity contribution in [3.63, 3.8) is 0 Å². The molecule has 0 bridgehead atoms. The molecule has 1 aromatic rings. The van der Waals surface area contributed by atoms with Crippen LogP contribution in [0.2, 0.25) is 0 Å². The zero-order valence-electron chi connectivity index (χ0n) is 9.52. The Hall–Kier alpha value is -0.870. The Balaban J connectivity index is 2.75. The van der Waals surface area contributed by atoms with Crippen LogP contribution < -0.4 is 0 Å². The molecule has 0 radical (unpaired) electrons. The molecule has 0 fully saturated rings. The first kappa shape index (κ1) is 13.2. The van der Waals surface area contributed by atoms with E-state index in [0.29, 0.717) is 5.56 Å². The molecule has 0 amide bonds. The fourth-order valence-corrected chi connectivity index (χ4v) is 2.38. The summed E-state index contributed by atoms with van der Waals surface area (Å²) in [6.07, 6.45) is 4.21. The molecule has 0 saturated carbocycles. The third-order valence-corrected chi connectivity index (χ3v) is 3.18. The lowest BCUT2D eigenvalue weighted by Crippen LogP contribution is -2.04. The summed E-state index contributed by atoms with van der Waals surface area (Å²) >= 11 is 0. The molecule has 0 saturated heterocycles. The minimum atomic E-state index is -3.93. The van der Waals surface area contributed by atoms with Gasteiger partial charge < -0.3 is 0 Å². The summed E-state index contributed by atoms with van der Waals surface area (Å²) in [7, 11) is -3.93. The monoisotopic (exact) mass is 242 g/mol. The largest absolute Gasteiger partial charge is 0.285 e. The zero-order valence-corrected chi connectivity index (χ0v) is 10.3. The number of unbranched alkanes of at least 4 members (excludes halogenated alkanes) is 2. The van der Waals surface area contributed by atoms with Crippen molar-refractivity contribution < 1.29 is 13.0 Å². The van der Waals surface area contributed by atoms with Gasteiger partial charge in [-0.3, -0.25) is 4.55 Å². The van der Waals surface area contributed by atoms with Crippen molar-refractivity contribution in [1.82, 2.24) is 0 Å². The van der Waals surface area contributed by atoms with E-state index in [1.54, 1.807) is 12.1 Å². The molecule has 90 valence electrons. The van der Waals surface area contributed by atoms with Crippen molar-refractivity contribution in [2.24, 2.45) is 0 Å². The Morgan fingerprint density at radius 3 is 2.31 bits per heavy atom. The van der Waals surface area contributed by atoms with E-state index < -0.39 is 10.1 Å². The van der Waals surface area contributed by atoms with E-state index in [1.807, 2.05) is 12.1 Å². The van der Waals surface area contributed by atoms with Crippen LogP contribution in [0.3, 0.4) is 0 Å². The summed E-state index contributed by atoms with van der Waals surface area (Å²) in [5.41, 5.74) is 1.73. The number of hydrogen-bond donors (Lipinski definition) is 1. The van der Waals surface area contributed by atoms with Crippen molar-refractivity contribution >= 4 is 10.1 Å². The molecule has 0 aliphatic carbocycles. The van der Waals surface area contributed by atoms with Crippen LogP contribution >= 0.6 is 0 Å². The van der Waals surface area contributed by atoms with Crippen LogP contribution in [0.4, 0.5) is 0 Å². The van der Waals surface area contributed by atoms with Crippen LogP contribution in [0.1, 0.15) is 37.3 Å². The second-order valence-electron chi connectivity index (χ2n) is 3.95. The maximum Gasteiger partial charge on any atom is 0.269 e. The van der Waals surface area contributed by atoms with Crippen LogP contribution in [-0.4, -0.2) is 13.0 Å². The van der Waals surface area contributed by atoms with E-state index in [1.165, 1.54) is 0 Å². The van der Waals surface area contributed by atoms with Crippen molar-refractivity contribution in [3.05, 3.63) is 35.4 Å². The van der Waals surface area contributed by atoms with Crippen LogP contribution in [0.5, 0.6) is 0 Å². The Kier molecular flexibility index (Phi) is 4.96. The molecule has 0 atom stereocenters. The van der Waals surface area contributed by atoms with Gasteiger partial charge in [-0.15, -0.1) is 0 Å². The van der Waals surface area contributed by atoms with Gasteiger partial charge in [0, 0.05) is 0 Å². The molecular weight excluding hydrogens is 224 g/mol. The van der Waals surface area contributed by atoms with Crippen LogP contribution in [0.25, 0.3) is 0 Å². The van der Waals surface area contributed by atoms with Gasteiger partial charge in [0.05, 0.1) is 0 Å². The first-order valence-corrected chi connectivity index (χ1v) is 7.16. The highest BCUT2D eigenvalue weighted by atomic mass is 32.2. The van der Waals surface area contributed by atoms with Crippen molar-refractivity contribution in [2.75, 3.05) is 0 Å². The first-order chi connectivity index (χ1) is 7.53. The topological polar surface area (TPSA) is 54.4 Å². The van der Waals surface area contributed by atoms with Crippen molar-refractivity contribution in [2.45, 2.75) is 38.4 Å². The number of hydrogen-bond acceptors (Lipinski definition) is 2. The summed E-state index contributed by atoms with van der Waals surface area (Å²) in [4.78, 5) is 0. The van der Waals surface area contributed by atoms with Gasteiger partial charge in [-0.1, -0.05) is 44.0 Å². The minimum Gasteiger partial charge on any atom is -0.285 e. The molecule has 1 rings (SSSR count). The third-order valence-electron chi connectivity index (χ3n) is 2.51. The SMILES string of the molecule is CCCCCc1ccccc1CS(=O)(=O)O. The number of aryl methyl sites for hydroxylation is 1. The van der Waals surface area contributed by atoms with Gasteiger partial charge in [-0.25, -0.2) is 0 Å². The van der Waals surface area contributed by atoms with Gasteiger partial charge in [0.2, 0.25) is 0 Å². The summed E-state index contributed by atoms with van der Waals surface area (Å²) in [6.45, 7) is 2.13. The van der Waals surface area contributed by atoms with E-state index in [2.05, 4.69) is 6.92 Å². The highest BCUT2D eigenvalue weighted by Crippen LogP contribution is 2.15.